The predicted octanol–water partition coefficient (Wildman–Crippen LogP) is 2.43. The van der Waals surface area contributed by atoms with Crippen LogP contribution in [0, 0.1) is 0 Å². The molecular formula is C16H25ClN2O2. The summed E-state index contributed by atoms with van der Waals surface area (Å²) in [4.78, 5) is 14.3. The number of likely N-dealkylation sites (N-methyl/N-ethyl adjacent to an activating group) is 1. The molecule has 0 aromatic heterocycles. The lowest BCUT2D eigenvalue weighted by atomic mass is 9.96. The molecule has 1 saturated heterocycles. The molecule has 1 aliphatic heterocycles. The van der Waals surface area contributed by atoms with E-state index < -0.39 is 0 Å². The zero-order valence-corrected chi connectivity index (χ0v) is 13.8. The van der Waals surface area contributed by atoms with Crippen molar-refractivity contribution in [2.75, 3.05) is 27.2 Å². The molecule has 0 spiro atoms. The van der Waals surface area contributed by atoms with Crippen LogP contribution >= 0.6 is 12.4 Å². The van der Waals surface area contributed by atoms with E-state index in [0.717, 1.165) is 30.8 Å². The Balaban J connectivity index is 0.00000220. The van der Waals surface area contributed by atoms with Crippen LogP contribution in [-0.4, -0.2) is 44.1 Å². The van der Waals surface area contributed by atoms with Crippen LogP contribution in [0.5, 0.6) is 5.75 Å². The van der Waals surface area contributed by atoms with Crippen molar-refractivity contribution in [2.24, 2.45) is 0 Å². The quantitative estimate of drug-likeness (QED) is 0.908. The molecule has 0 radical (unpaired) electrons. The van der Waals surface area contributed by atoms with Crippen LogP contribution in [-0.2, 0) is 4.79 Å². The summed E-state index contributed by atoms with van der Waals surface area (Å²) in [6.45, 7) is 3.99. The number of nitrogens with zero attached hydrogens (tertiary/aromatic N) is 1. The molecule has 0 aliphatic carbocycles. The van der Waals surface area contributed by atoms with Crippen LogP contribution in [0.1, 0.15) is 31.2 Å². The molecule has 4 nitrogen and oxygen atoms in total. The van der Waals surface area contributed by atoms with Gasteiger partial charge >= 0.3 is 0 Å². The summed E-state index contributed by atoms with van der Waals surface area (Å²) in [7, 11) is 3.58. The Morgan fingerprint density at radius 2 is 2.19 bits per heavy atom. The van der Waals surface area contributed by atoms with Crippen LogP contribution < -0.4 is 10.1 Å². The summed E-state index contributed by atoms with van der Waals surface area (Å²) >= 11 is 0. The van der Waals surface area contributed by atoms with E-state index in [0.29, 0.717) is 12.5 Å². The molecule has 21 heavy (non-hydrogen) atoms. The summed E-state index contributed by atoms with van der Waals surface area (Å²) < 4.78 is 5.37. The van der Waals surface area contributed by atoms with E-state index in [2.05, 4.69) is 12.2 Å². The molecule has 0 saturated carbocycles. The van der Waals surface area contributed by atoms with Crippen molar-refractivity contribution in [3.05, 3.63) is 29.8 Å². The molecule has 1 N–H and O–H groups in total. The zero-order valence-electron chi connectivity index (χ0n) is 13.0. The van der Waals surface area contributed by atoms with Crippen molar-refractivity contribution < 1.29 is 9.53 Å². The summed E-state index contributed by atoms with van der Waals surface area (Å²) in [6.07, 6.45) is 1.57. The Kier molecular flexibility index (Phi) is 6.99. The highest BCUT2D eigenvalue weighted by molar-refractivity contribution is 5.85. The lowest BCUT2D eigenvalue weighted by Crippen LogP contribution is -2.38. The average molecular weight is 313 g/mol. The van der Waals surface area contributed by atoms with Crippen LogP contribution in [0.4, 0.5) is 0 Å². The van der Waals surface area contributed by atoms with Gasteiger partial charge in [-0.25, -0.2) is 0 Å². The average Bonchev–Trinajstić information content (AvgIpc) is 3.00. The number of amides is 1. The van der Waals surface area contributed by atoms with E-state index in [9.17, 15) is 4.79 Å². The first-order valence-electron chi connectivity index (χ1n) is 7.22. The maximum atomic E-state index is 12.4. The maximum absolute atomic E-state index is 12.4. The monoisotopic (exact) mass is 312 g/mol. The van der Waals surface area contributed by atoms with Crippen molar-refractivity contribution in [1.82, 2.24) is 10.2 Å². The van der Waals surface area contributed by atoms with Gasteiger partial charge in [-0.05, 0) is 30.5 Å². The van der Waals surface area contributed by atoms with Gasteiger partial charge in [0.25, 0.3) is 0 Å². The minimum Gasteiger partial charge on any atom is -0.496 e. The van der Waals surface area contributed by atoms with Gasteiger partial charge in [0.15, 0.2) is 0 Å². The fraction of sp³-hybridized carbons (Fsp3) is 0.562. The largest absolute Gasteiger partial charge is 0.496 e. The fourth-order valence-electron chi connectivity index (χ4n) is 2.76. The smallest absolute Gasteiger partial charge is 0.223 e. The highest BCUT2D eigenvalue weighted by atomic mass is 35.5. The molecule has 2 unspecified atom stereocenters. The molecular weight excluding hydrogens is 288 g/mol. The lowest BCUT2D eigenvalue weighted by molar-refractivity contribution is -0.132. The number of carbonyl (C=O) groups is 1. The van der Waals surface area contributed by atoms with Gasteiger partial charge < -0.3 is 15.0 Å². The molecule has 5 heteroatoms. The number of methoxy groups -OCH3 is 1. The Hall–Kier alpha value is -1.26. The molecule has 1 aromatic carbocycles. The Bertz CT molecular complexity index is 461. The number of hydrogen-bond acceptors (Lipinski definition) is 3. The standard InChI is InChI=1S/C16H24N2O2.ClH/c1-12(14-6-4-5-7-15(14)20-3)10-16(19)18(2)13-8-9-17-11-13;/h4-7,12-13,17H,8-11H2,1-3H3;1H. The first-order chi connectivity index (χ1) is 9.63. The minimum atomic E-state index is 0. The highest BCUT2D eigenvalue weighted by Crippen LogP contribution is 2.29. The number of rotatable bonds is 5. The summed E-state index contributed by atoms with van der Waals surface area (Å²) in [5.41, 5.74) is 1.10. The Morgan fingerprint density at radius 3 is 2.81 bits per heavy atom. The van der Waals surface area contributed by atoms with Gasteiger partial charge in [-0.15, -0.1) is 12.4 Å². The molecule has 118 valence electrons. The van der Waals surface area contributed by atoms with E-state index >= 15 is 0 Å². The van der Waals surface area contributed by atoms with Gasteiger partial charge in [0.05, 0.1) is 7.11 Å². The number of halogens is 1. The second-order valence-electron chi connectivity index (χ2n) is 5.50. The van der Waals surface area contributed by atoms with Gasteiger partial charge in [0, 0.05) is 26.1 Å². The third-order valence-corrected chi connectivity index (χ3v) is 4.13. The molecule has 2 rings (SSSR count). The van der Waals surface area contributed by atoms with Gasteiger partial charge in [-0.2, -0.15) is 0 Å². The van der Waals surface area contributed by atoms with E-state index in [1.54, 1.807) is 7.11 Å². The van der Waals surface area contributed by atoms with Crippen molar-refractivity contribution in [3.8, 4) is 5.75 Å². The number of para-hydroxylation sites is 1. The van der Waals surface area contributed by atoms with E-state index in [-0.39, 0.29) is 24.2 Å². The molecule has 1 heterocycles. The van der Waals surface area contributed by atoms with Crippen LogP contribution in [0.2, 0.25) is 0 Å². The van der Waals surface area contributed by atoms with Crippen LogP contribution in [0.25, 0.3) is 0 Å². The van der Waals surface area contributed by atoms with E-state index in [1.807, 2.05) is 36.2 Å². The number of hydrogen-bond donors (Lipinski definition) is 1. The summed E-state index contributed by atoms with van der Waals surface area (Å²) in [5.74, 6) is 1.23. The van der Waals surface area contributed by atoms with Gasteiger partial charge in [-0.1, -0.05) is 25.1 Å². The van der Waals surface area contributed by atoms with Crippen molar-refractivity contribution in [3.63, 3.8) is 0 Å². The molecule has 1 aliphatic rings. The first-order valence-corrected chi connectivity index (χ1v) is 7.22. The van der Waals surface area contributed by atoms with Crippen molar-refractivity contribution >= 4 is 18.3 Å². The molecule has 2 atom stereocenters. The molecule has 1 fully saturated rings. The molecule has 1 aromatic rings. The minimum absolute atomic E-state index is 0. The number of carbonyl (C=O) groups excluding carboxylic acids is 1. The second-order valence-corrected chi connectivity index (χ2v) is 5.50. The Morgan fingerprint density at radius 1 is 1.48 bits per heavy atom. The zero-order chi connectivity index (χ0) is 14.5. The van der Waals surface area contributed by atoms with Crippen molar-refractivity contribution in [1.29, 1.82) is 0 Å². The van der Waals surface area contributed by atoms with Crippen LogP contribution in [0.3, 0.4) is 0 Å². The van der Waals surface area contributed by atoms with Crippen LogP contribution in [0.15, 0.2) is 24.3 Å². The third kappa shape index (κ3) is 4.35. The molecule has 1 amide bonds. The second kappa shape index (κ2) is 8.25. The first kappa shape index (κ1) is 17.8. The Labute approximate surface area is 133 Å². The van der Waals surface area contributed by atoms with Gasteiger partial charge in [-0.3, -0.25) is 4.79 Å². The van der Waals surface area contributed by atoms with E-state index in [1.165, 1.54) is 0 Å². The topological polar surface area (TPSA) is 41.6 Å². The maximum Gasteiger partial charge on any atom is 0.223 e. The number of ether oxygens (including phenoxy) is 1. The number of benzene rings is 1. The summed E-state index contributed by atoms with van der Waals surface area (Å²) in [5, 5.41) is 3.30. The van der Waals surface area contributed by atoms with Gasteiger partial charge in [0.2, 0.25) is 5.91 Å². The highest BCUT2D eigenvalue weighted by Gasteiger charge is 2.25. The fourth-order valence-corrected chi connectivity index (χ4v) is 2.76. The lowest BCUT2D eigenvalue weighted by Gasteiger charge is -2.25. The molecule has 0 bridgehead atoms. The predicted molar refractivity (Wildman–Crippen MR) is 87.3 cm³/mol. The van der Waals surface area contributed by atoms with E-state index in [4.69, 9.17) is 4.74 Å². The number of nitrogens with one attached hydrogen (secondary N) is 1. The SMILES string of the molecule is COc1ccccc1C(C)CC(=O)N(C)C1CCNC1.Cl. The summed E-state index contributed by atoms with van der Waals surface area (Å²) in [6, 6.07) is 8.26. The van der Waals surface area contributed by atoms with Gasteiger partial charge in [0.1, 0.15) is 5.75 Å². The third-order valence-electron chi connectivity index (χ3n) is 4.13. The van der Waals surface area contributed by atoms with Crippen molar-refractivity contribution in [2.45, 2.75) is 31.7 Å². The normalized spacial score (nSPS) is 18.7.